The predicted octanol–water partition coefficient (Wildman–Crippen LogP) is 0.939. The molecule has 8 heteroatoms. The van der Waals surface area contributed by atoms with Gasteiger partial charge in [0.05, 0.1) is 10.8 Å². The van der Waals surface area contributed by atoms with Crippen molar-refractivity contribution in [3.8, 4) is 5.75 Å². The number of phenolic OH excluding ortho intramolecular Hbond substituents is 1. The van der Waals surface area contributed by atoms with E-state index in [0.29, 0.717) is 24.4 Å². The summed E-state index contributed by atoms with van der Waals surface area (Å²) in [5.74, 6) is -0.629. The van der Waals surface area contributed by atoms with E-state index < -0.39 is 21.2 Å². The second-order valence-corrected chi connectivity index (χ2v) is 7.05. The van der Waals surface area contributed by atoms with Gasteiger partial charge in [-0.25, -0.2) is 13.6 Å². The zero-order valence-electron chi connectivity index (χ0n) is 10.6. The highest BCUT2D eigenvalue weighted by atomic mass is 35.5. The molecular weight excluding hydrogens is 304 g/mol. The molecule has 1 aliphatic rings. The van der Waals surface area contributed by atoms with Crippen LogP contribution in [0.15, 0.2) is 18.2 Å². The number of phenols is 1. The van der Waals surface area contributed by atoms with Crippen LogP contribution in [0.1, 0.15) is 23.2 Å². The lowest BCUT2D eigenvalue weighted by Crippen LogP contribution is -2.47. The van der Waals surface area contributed by atoms with Gasteiger partial charge >= 0.3 is 0 Å². The fraction of sp³-hybridized carbons (Fsp3) is 0.417. The fourth-order valence-electron chi connectivity index (χ4n) is 2.24. The Morgan fingerprint density at radius 2 is 2.15 bits per heavy atom. The molecule has 0 aromatic heterocycles. The monoisotopic (exact) mass is 318 g/mol. The number of sulfonamides is 1. The summed E-state index contributed by atoms with van der Waals surface area (Å²) in [6, 6.07) is 4.16. The number of aromatic hydroxyl groups is 1. The highest BCUT2D eigenvalue weighted by Gasteiger charge is 2.31. The number of halogens is 1. The minimum atomic E-state index is -3.68. The van der Waals surface area contributed by atoms with E-state index in [2.05, 4.69) is 0 Å². The van der Waals surface area contributed by atoms with Crippen molar-refractivity contribution in [1.82, 2.24) is 4.90 Å². The van der Waals surface area contributed by atoms with Crippen LogP contribution in [0.4, 0.5) is 0 Å². The van der Waals surface area contributed by atoms with Gasteiger partial charge in [0.25, 0.3) is 5.91 Å². The molecule has 1 saturated heterocycles. The highest BCUT2D eigenvalue weighted by Crippen LogP contribution is 2.25. The van der Waals surface area contributed by atoms with Crippen molar-refractivity contribution in [3.05, 3.63) is 28.8 Å². The van der Waals surface area contributed by atoms with Gasteiger partial charge < -0.3 is 10.0 Å². The van der Waals surface area contributed by atoms with E-state index >= 15 is 0 Å². The molecule has 1 fully saturated rings. The van der Waals surface area contributed by atoms with Crippen LogP contribution in [0.25, 0.3) is 0 Å². The number of carbonyl (C=O) groups is 1. The normalized spacial score (nSPS) is 19.9. The first-order chi connectivity index (χ1) is 9.29. The van der Waals surface area contributed by atoms with Gasteiger partial charge in [-0.15, -0.1) is 0 Å². The van der Waals surface area contributed by atoms with Crippen molar-refractivity contribution >= 4 is 27.5 Å². The molecule has 0 bridgehead atoms. The lowest BCUT2D eigenvalue weighted by atomic mass is 10.1. The lowest BCUT2D eigenvalue weighted by molar-refractivity contribution is 0.0724. The molecule has 1 aromatic rings. The maximum absolute atomic E-state index is 12.3. The standard InChI is InChI=1S/C12H15ClN2O4S/c13-8-3-4-11(16)10(6-8)12(17)15-5-1-2-9(7-15)20(14,18)19/h3-4,6,9,16H,1-2,5,7H2,(H2,14,18,19). The average molecular weight is 319 g/mol. The van der Waals surface area contributed by atoms with Gasteiger partial charge in [0.1, 0.15) is 5.75 Å². The molecule has 0 aliphatic carbocycles. The maximum atomic E-state index is 12.3. The SMILES string of the molecule is NS(=O)(=O)C1CCCN(C(=O)c2cc(Cl)ccc2O)C1. The summed E-state index contributed by atoms with van der Waals surface area (Å²) in [5.41, 5.74) is 0.0626. The van der Waals surface area contributed by atoms with E-state index in [1.807, 2.05) is 0 Å². The molecule has 1 heterocycles. The Balaban J connectivity index is 2.23. The fourth-order valence-corrected chi connectivity index (χ4v) is 3.30. The van der Waals surface area contributed by atoms with E-state index in [1.54, 1.807) is 0 Å². The molecule has 1 amide bonds. The smallest absolute Gasteiger partial charge is 0.257 e. The van der Waals surface area contributed by atoms with E-state index in [4.69, 9.17) is 16.7 Å². The van der Waals surface area contributed by atoms with Crippen LogP contribution in [0.2, 0.25) is 5.02 Å². The second-order valence-electron chi connectivity index (χ2n) is 4.77. The van der Waals surface area contributed by atoms with Gasteiger partial charge in [-0.3, -0.25) is 4.79 Å². The average Bonchev–Trinajstić information content (AvgIpc) is 2.40. The summed E-state index contributed by atoms with van der Waals surface area (Å²) < 4.78 is 22.8. The maximum Gasteiger partial charge on any atom is 0.257 e. The number of nitrogens with two attached hydrogens (primary N) is 1. The van der Waals surface area contributed by atoms with Gasteiger partial charge in [-0.1, -0.05) is 11.6 Å². The minimum Gasteiger partial charge on any atom is -0.507 e. The Bertz CT molecular complexity index is 632. The summed E-state index contributed by atoms with van der Waals surface area (Å²) in [7, 11) is -3.68. The van der Waals surface area contributed by atoms with Crippen LogP contribution in [0.3, 0.4) is 0 Å². The number of amides is 1. The number of nitrogens with zero attached hydrogens (tertiary/aromatic N) is 1. The molecule has 1 unspecified atom stereocenters. The number of carbonyl (C=O) groups excluding carboxylic acids is 1. The van der Waals surface area contributed by atoms with Gasteiger partial charge in [-0.2, -0.15) is 0 Å². The zero-order chi connectivity index (χ0) is 14.9. The molecule has 1 atom stereocenters. The van der Waals surface area contributed by atoms with E-state index in [-0.39, 0.29) is 17.9 Å². The van der Waals surface area contributed by atoms with Crippen molar-refractivity contribution in [3.63, 3.8) is 0 Å². The first kappa shape index (κ1) is 15.1. The van der Waals surface area contributed by atoms with Crippen molar-refractivity contribution in [2.45, 2.75) is 18.1 Å². The van der Waals surface area contributed by atoms with Crippen LogP contribution >= 0.6 is 11.6 Å². The molecule has 0 saturated carbocycles. The van der Waals surface area contributed by atoms with Crippen LogP contribution in [-0.2, 0) is 10.0 Å². The number of piperidine rings is 1. The molecule has 0 spiro atoms. The highest BCUT2D eigenvalue weighted by molar-refractivity contribution is 7.89. The number of hydrogen-bond donors (Lipinski definition) is 2. The molecule has 1 aromatic carbocycles. The molecule has 0 radical (unpaired) electrons. The van der Waals surface area contributed by atoms with Crippen molar-refractivity contribution in [2.75, 3.05) is 13.1 Å². The molecule has 20 heavy (non-hydrogen) atoms. The quantitative estimate of drug-likeness (QED) is 0.847. The van der Waals surface area contributed by atoms with Crippen molar-refractivity contribution < 1.29 is 18.3 Å². The van der Waals surface area contributed by atoms with Gasteiger partial charge in [0.2, 0.25) is 10.0 Å². The summed E-state index contributed by atoms with van der Waals surface area (Å²) in [4.78, 5) is 13.7. The predicted molar refractivity (Wildman–Crippen MR) is 75.1 cm³/mol. The molecule has 6 nitrogen and oxygen atoms in total. The Labute approximate surface area is 122 Å². The van der Waals surface area contributed by atoms with Crippen LogP contribution in [0, 0.1) is 0 Å². The van der Waals surface area contributed by atoms with Crippen LogP contribution in [-0.4, -0.2) is 42.7 Å². The number of hydrogen-bond acceptors (Lipinski definition) is 4. The Morgan fingerprint density at radius 3 is 2.80 bits per heavy atom. The summed E-state index contributed by atoms with van der Waals surface area (Å²) in [5, 5.41) is 14.4. The third kappa shape index (κ3) is 3.23. The minimum absolute atomic E-state index is 0.0314. The molecule has 110 valence electrons. The van der Waals surface area contributed by atoms with E-state index in [9.17, 15) is 18.3 Å². The molecule has 2 rings (SSSR count). The summed E-state index contributed by atoms with van der Waals surface area (Å²) >= 11 is 5.80. The second kappa shape index (κ2) is 5.59. The third-order valence-electron chi connectivity index (χ3n) is 3.32. The first-order valence-corrected chi connectivity index (χ1v) is 8.07. The van der Waals surface area contributed by atoms with E-state index in [0.717, 1.165) is 0 Å². The molecule has 3 N–H and O–H groups in total. The first-order valence-electron chi connectivity index (χ1n) is 6.08. The number of benzene rings is 1. The summed E-state index contributed by atoms with van der Waals surface area (Å²) in [6.45, 7) is 0.459. The topological polar surface area (TPSA) is 101 Å². The van der Waals surface area contributed by atoms with E-state index in [1.165, 1.54) is 23.1 Å². The number of likely N-dealkylation sites (tertiary alicyclic amines) is 1. The lowest BCUT2D eigenvalue weighted by Gasteiger charge is -2.31. The largest absolute Gasteiger partial charge is 0.507 e. The van der Waals surface area contributed by atoms with Gasteiger partial charge in [-0.05, 0) is 31.0 Å². The molecular formula is C12H15ClN2O4S. The van der Waals surface area contributed by atoms with Crippen LogP contribution < -0.4 is 5.14 Å². The Morgan fingerprint density at radius 1 is 1.45 bits per heavy atom. The van der Waals surface area contributed by atoms with Crippen molar-refractivity contribution in [1.29, 1.82) is 0 Å². The Kier molecular flexibility index (Phi) is 4.22. The zero-order valence-corrected chi connectivity index (χ0v) is 12.2. The van der Waals surface area contributed by atoms with Gasteiger partial charge in [0, 0.05) is 18.1 Å². The third-order valence-corrected chi connectivity index (χ3v) is 4.87. The van der Waals surface area contributed by atoms with Crippen molar-refractivity contribution in [2.24, 2.45) is 5.14 Å². The van der Waals surface area contributed by atoms with Crippen LogP contribution in [0.5, 0.6) is 5.75 Å². The Hall–Kier alpha value is -1.31. The number of rotatable bonds is 2. The number of primary sulfonamides is 1. The molecule has 1 aliphatic heterocycles. The van der Waals surface area contributed by atoms with Gasteiger partial charge in [0.15, 0.2) is 0 Å². The summed E-state index contributed by atoms with van der Waals surface area (Å²) in [6.07, 6.45) is 0.984.